The maximum atomic E-state index is 9.00. The molecule has 0 amide bonds. The molecule has 0 aromatic rings. The number of hydrogen-bond acceptors (Lipinski definition) is 3. The number of rotatable bonds is 0. The van der Waals surface area contributed by atoms with Crippen molar-refractivity contribution >= 4 is 17.9 Å². The van der Waals surface area contributed by atoms with Gasteiger partial charge < -0.3 is 15.3 Å². The van der Waals surface area contributed by atoms with E-state index in [0.29, 0.717) is 0 Å². The van der Waals surface area contributed by atoms with E-state index in [1.54, 1.807) is 0 Å². The van der Waals surface area contributed by atoms with Gasteiger partial charge in [0.25, 0.3) is 17.9 Å². The van der Waals surface area contributed by atoms with Crippen LogP contribution in [-0.4, -0.2) is 33.2 Å². The Bertz CT molecular complexity index is 277. The third kappa shape index (κ3) is 113. The summed E-state index contributed by atoms with van der Waals surface area (Å²) in [7, 11) is 0. The zero-order valence-corrected chi connectivity index (χ0v) is 13.0. The number of aliphatic carboxylic acids is 3. The average molecular weight is 307 g/mol. The molecule has 3 N–H and O–H groups in total. The second kappa shape index (κ2) is 19.0. The fourth-order valence-electron chi connectivity index (χ4n) is 0.515. The van der Waals surface area contributed by atoms with E-state index in [-0.39, 0.29) is 21.7 Å². The van der Waals surface area contributed by atoms with Crippen molar-refractivity contribution in [3.63, 3.8) is 0 Å². The van der Waals surface area contributed by atoms with Crippen molar-refractivity contribution in [3.05, 3.63) is 23.8 Å². The second-order valence-electron chi connectivity index (χ2n) is 3.02. The average Bonchev–Trinajstić information content (AvgIpc) is 2.51. The van der Waals surface area contributed by atoms with Crippen LogP contribution in [0, 0.1) is 6.08 Å². The molecular weight excluding hydrogens is 288 g/mol. The van der Waals surface area contributed by atoms with Gasteiger partial charge in [-0.25, -0.2) is 11.6 Å². The molecule has 0 fully saturated rings. The Morgan fingerprint density at radius 3 is 1.32 bits per heavy atom. The van der Waals surface area contributed by atoms with Gasteiger partial charge in [0.1, 0.15) is 0 Å². The summed E-state index contributed by atoms with van der Waals surface area (Å²) >= 11 is 0. The summed E-state index contributed by atoms with van der Waals surface area (Å²) in [5, 5.41) is 22.2. The molecule has 0 saturated heterocycles. The van der Waals surface area contributed by atoms with Crippen LogP contribution in [0.5, 0.6) is 0 Å². The molecule has 1 aliphatic rings. The van der Waals surface area contributed by atoms with Crippen LogP contribution >= 0.6 is 0 Å². The minimum absolute atomic E-state index is 0. The number of carboxylic acids is 3. The first-order chi connectivity index (χ1) is 8.09. The molecule has 19 heavy (non-hydrogen) atoms. The molecule has 1 aliphatic carbocycles. The van der Waals surface area contributed by atoms with Gasteiger partial charge in [-0.05, 0) is 0 Å². The van der Waals surface area contributed by atoms with Crippen molar-refractivity contribution in [2.75, 3.05) is 0 Å². The van der Waals surface area contributed by atoms with E-state index in [9.17, 15) is 0 Å². The van der Waals surface area contributed by atoms with Crippen LogP contribution in [0.1, 0.15) is 34.1 Å². The molecule has 0 saturated carbocycles. The first-order valence-corrected chi connectivity index (χ1v) is 4.92. The Labute approximate surface area is 127 Å². The monoisotopic (exact) mass is 307 g/mol. The molecule has 0 atom stereocenters. The molecule has 6 nitrogen and oxygen atoms in total. The summed E-state index contributed by atoms with van der Waals surface area (Å²) in [6.45, 7) is 5.31. The molecule has 1 rings (SSSR count). The first kappa shape index (κ1) is 26.2. The van der Waals surface area contributed by atoms with Gasteiger partial charge in [0.2, 0.25) is 0 Å². The van der Waals surface area contributed by atoms with E-state index in [4.69, 9.17) is 29.7 Å². The summed E-state index contributed by atoms with van der Waals surface area (Å²) in [6.07, 6.45) is 8.33. The fraction of sp³-hybridized carbons (Fsp3) is 0.417. The van der Waals surface area contributed by atoms with Gasteiger partial charge in [-0.15, -0.1) is 6.42 Å². The van der Waals surface area contributed by atoms with Crippen LogP contribution in [0.2, 0.25) is 0 Å². The van der Waals surface area contributed by atoms with Crippen molar-refractivity contribution in [3.8, 4) is 0 Å². The van der Waals surface area contributed by atoms with Crippen LogP contribution < -0.4 is 0 Å². The zero-order valence-electron chi connectivity index (χ0n) is 11.4. The summed E-state index contributed by atoms with van der Waals surface area (Å²) in [5.74, 6) is -2.50. The second-order valence-corrected chi connectivity index (χ2v) is 3.02. The third-order valence-electron chi connectivity index (χ3n) is 0.867. The van der Waals surface area contributed by atoms with E-state index < -0.39 is 17.9 Å². The Balaban J connectivity index is -0.0000000796. The summed E-state index contributed by atoms with van der Waals surface area (Å²) in [5.41, 5.74) is 1.27. The Hall–Kier alpha value is -1.40. The Morgan fingerprint density at radius 1 is 1.00 bits per heavy atom. The van der Waals surface area contributed by atoms with E-state index in [1.165, 1.54) is 5.57 Å². The number of allylic oxidation sites excluding steroid dienone is 4. The number of carbonyl (C=O) groups is 3. The normalized spacial score (nSPS) is 9.79. The maximum absolute atomic E-state index is 9.00. The van der Waals surface area contributed by atoms with Gasteiger partial charge in [0.05, 0.1) is 0 Å². The summed E-state index contributed by atoms with van der Waals surface area (Å²) in [6, 6.07) is 0. The van der Waals surface area contributed by atoms with Crippen molar-refractivity contribution < 1.29 is 51.4 Å². The van der Waals surface area contributed by atoms with Crippen molar-refractivity contribution in [2.24, 2.45) is 0 Å². The molecule has 0 aromatic heterocycles. The van der Waals surface area contributed by atoms with Crippen LogP contribution in [0.3, 0.4) is 0 Å². The summed E-state index contributed by atoms with van der Waals surface area (Å²) < 4.78 is 0. The molecule has 108 valence electrons. The molecule has 0 spiro atoms. The van der Waals surface area contributed by atoms with Gasteiger partial charge in [-0.1, -0.05) is 6.92 Å². The number of carboxylic acid groups (broad SMARTS) is 3. The number of hydrogen-bond donors (Lipinski definition) is 3. The maximum Gasteiger partial charge on any atom is 0.300 e. The van der Waals surface area contributed by atoms with Gasteiger partial charge in [0.15, 0.2) is 0 Å². The fourth-order valence-corrected chi connectivity index (χ4v) is 0.515. The van der Waals surface area contributed by atoms with E-state index in [0.717, 1.165) is 27.2 Å². The molecule has 0 radical (unpaired) electrons. The standard InChI is InChI=1S/C6H7.3C2H4O2.Ti/c1-6-4-2-3-5-6;3*1-2(3)4;/h2,4H,3H2,1H3;3*1H3,(H,3,4);/q-1;;;;. The topological polar surface area (TPSA) is 112 Å². The predicted octanol–water partition coefficient (Wildman–Crippen LogP) is 1.97. The van der Waals surface area contributed by atoms with E-state index in [1.807, 2.05) is 0 Å². The minimum atomic E-state index is -0.833. The van der Waals surface area contributed by atoms with Crippen molar-refractivity contribution in [2.45, 2.75) is 34.1 Å². The Kier molecular flexibility index (Phi) is 26.2. The van der Waals surface area contributed by atoms with Gasteiger partial charge in [-0.2, -0.15) is 6.08 Å². The molecular formula is C12H19O6Ti-. The van der Waals surface area contributed by atoms with Crippen molar-refractivity contribution in [1.82, 2.24) is 0 Å². The molecule has 0 heterocycles. The van der Waals surface area contributed by atoms with E-state index >= 15 is 0 Å². The van der Waals surface area contributed by atoms with Crippen LogP contribution in [0.25, 0.3) is 0 Å². The van der Waals surface area contributed by atoms with Crippen LogP contribution in [0.15, 0.2) is 17.7 Å². The molecule has 0 aromatic carbocycles. The van der Waals surface area contributed by atoms with Gasteiger partial charge in [0, 0.05) is 42.5 Å². The first-order valence-electron chi connectivity index (χ1n) is 4.92. The van der Waals surface area contributed by atoms with Crippen LogP contribution in [0.4, 0.5) is 0 Å². The Morgan fingerprint density at radius 2 is 1.26 bits per heavy atom. The molecule has 0 unspecified atom stereocenters. The smallest absolute Gasteiger partial charge is 0.300 e. The minimum Gasteiger partial charge on any atom is -0.481 e. The molecule has 7 heteroatoms. The summed E-state index contributed by atoms with van der Waals surface area (Å²) in [4.78, 5) is 27.0. The van der Waals surface area contributed by atoms with Gasteiger partial charge >= 0.3 is 0 Å². The van der Waals surface area contributed by atoms with Crippen LogP contribution in [-0.2, 0) is 36.1 Å². The molecule has 0 bridgehead atoms. The zero-order chi connectivity index (χ0) is 15.1. The van der Waals surface area contributed by atoms with E-state index in [2.05, 4.69) is 25.2 Å². The van der Waals surface area contributed by atoms with Crippen molar-refractivity contribution in [1.29, 1.82) is 0 Å². The third-order valence-corrected chi connectivity index (χ3v) is 0.867. The predicted molar refractivity (Wildman–Crippen MR) is 66.1 cm³/mol. The van der Waals surface area contributed by atoms with Gasteiger partial charge in [-0.3, -0.25) is 20.5 Å². The molecule has 0 aliphatic heterocycles. The largest absolute Gasteiger partial charge is 0.481 e. The SMILES string of the molecule is CC(=O)O.CC(=O)O.CC(=O)O.CC1=[C-]CC=C1.[Ti]. The quantitative estimate of drug-likeness (QED) is 0.466.